The number of rotatable bonds is 5. The Kier molecular flexibility index (Phi) is 4.77. The van der Waals surface area contributed by atoms with E-state index in [4.69, 9.17) is 9.47 Å². The van der Waals surface area contributed by atoms with Crippen molar-refractivity contribution in [2.24, 2.45) is 10.4 Å². The smallest absolute Gasteiger partial charge is 0.191 e. The van der Waals surface area contributed by atoms with Crippen molar-refractivity contribution >= 4 is 5.96 Å². The summed E-state index contributed by atoms with van der Waals surface area (Å²) in [6.07, 6.45) is 0. The van der Waals surface area contributed by atoms with Crippen LogP contribution in [0, 0.1) is 5.41 Å². The third-order valence-electron chi connectivity index (χ3n) is 3.04. The predicted octanol–water partition coefficient (Wildman–Crippen LogP) is 0.613. The van der Waals surface area contributed by atoms with Gasteiger partial charge in [-0.25, -0.2) is 0 Å². The Hall–Kier alpha value is -0.810. The Labute approximate surface area is 104 Å². The van der Waals surface area contributed by atoms with E-state index in [1.165, 1.54) is 0 Å². The van der Waals surface area contributed by atoms with E-state index in [0.29, 0.717) is 0 Å². The minimum atomic E-state index is -0.193. The largest absolute Gasteiger partial charge is 0.380 e. The number of ether oxygens (including phenoxy) is 2. The van der Waals surface area contributed by atoms with E-state index in [2.05, 4.69) is 22.5 Å². The highest BCUT2D eigenvalue weighted by molar-refractivity contribution is 5.79. The number of nitrogens with one attached hydrogen (secondary N) is 2. The van der Waals surface area contributed by atoms with Gasteiger partial charge >= 0.3 is 0 Å². The van der Waals surface area contributed by atoms with Crippen LogP contribution in [0.2, 0.25) is 0 Å². The van der Waals surface area contributed by atoms with E-state index in [1.54, 1.807) is 14.2 Å². The molecule has 0 radical (unpaired) electrons. The molecule has 0 unspecified atom stereocenters. The van der Waals surface area contributed by atoms with Crippen LogP contribution in [0.15, 0.2) is 4.99 Å². The molecule has 5 nitrogen and oxygen atoms in total. The fourth-order valence-corrected chi connectivity index (χ4v) is 1.44. The van der Waals surface area contributed by atoms with Crippen molar-refractivity contribution < 1.29 is 9.47 Å². The molecule has 0 saturated carbocycles. The monoisotopic (exact) mass is 243 g/mol. The predicted molar refractivity (Wildman–Crippen MR) is 69.4 cm³/mol. The molecule has 17 heavy (non-hydrogen) atoms. The van der Waals surface area contributed by atoms with Crippen LogP contribution in [-0.4, -0.2) is 52.0 Å². The number of hydrogen-bond acceptors (Lipinski definition) is 3. The Morgan fingerprint density at radius 1 is 1.41 bits per heavy atom. The molecule has 100 valence electrons. The maximum absolute atomic E-state index is 5.35. The highest BCUT2D eigenvalue weighted by Gasteiger charge is 2.33. The molecule has 5 heteroatoms. The van der Waals surface area contributed by atoms with Gasteiger partial charge in [0.25, 0.3) is 0 Å². The number of guanidine groups is 1. The molecular weight excluding hydrogens is 218 g/mol. The van der Waals surface area contributed by atoms with E-state index in [-0.39, 0.29) is 11.0 Å². The van der Waals surface area contributed by atoms with Crippen LogP contribution in [0.4, 0.5) is 0 Å². The fourth-order valence-electron chi connectivity index (χ4n) is 1.44. The molecular formula is C12H25N3O2. The van der Waals surface area contributed by atoms with Crippen LogP contribution in [-0.2, 0) is 9.47 Å². The van der Waals surface area contributed by atoms with Crippen molar-refractivity contribution in [3.63, 3.8) is 0 Å². The van der Waals surface area contributed by atoms with Crippen LogP contribution in [0.3, 0.4) is 0 Å². The molecule has 0 aromatic carbocycles. The lowest BCUT2D eigenvalue weighted by atomic mass is 9.89. The van der Waals surface area contributed by atoms with Crippen molar-refractivity contribution in [2.75, 3.05) is 40.5 Å². The summed E-state index contributed by atoms with van der Waals surface area (Å²) in [5.74, 6) is 0.809. The average Bonchev–Trinajstić information content (AvgIpc) is 2.27. The van der Waals surface area contributed by atoms with Gasteiger partial charge in [0.1, 0.15) is 0 Å². The lowest BCUT2D eigenvalue weighted by Gasteiger charge is -2.38. The molecule has 1 aliphatic rings. The molecule has 1 aliphatic heterocycles. The number of aliphatic imine (C=N–C) groups is 1. The first kappa shape index (κ1) is 14.3. The van der Waals surface area contributed by atoms with E-state index in [0.717, 1.165) is 32.3 Å². The second kappa shape index (κ2) is 5.69. The molecule has 1 rings (SSSR count). The zero-order chi connectivity index (χ0) is 12.9. The number of nitrogens with zero attached hydrogens (tertiary/aromatic N) is 1. The standard InChI is InChI=1S/C12H25N3O2/c1-11(2,16-5)6-14-10(13-4)15-7-12(3)8-17-9-12/h6-9H2,1-5H3,(H2,13,14,15). The molecule has 2 N–H and O–H groups in total. The maximum Gasteiger partial charge on any atom is 0.191 e. The van der Waals surface area contributed by atoms with Crippen molar-refractivity contribution in [2.45, 2.75) is 26.4 Å². The second-order valence-corrected chi connectivity index (χ2v) is 5.55. The summed E-state index contributed by atoms with van der Waals surface area (Å²) >= 11 is 0. The van der Waals surface area contributed by atoms with E-state index < -0.39 is 0 Å². The van der Waals surface area contributed by atoms with Crippen LogP contribution < -0.4 is 10.6 Å². The summed E-state index contributed by atoms with van der Waals surface area (Å²) in [7, 11) is 3.49. The van der Waals surface area contributed by atoms with Crippen molar-refractivity contribution in [3.05, 3.63) is 0 Å². The summed E-state index contributed by atoms with van der Waals surface area (Å²) in [5.41, 5.74) is 0.0511. The van der Waals surface area contributed by atoms with Crippen LogP contribution in [0.25, 0.3) is 0 Å². The quantitative estimate of drug-likeness (QED) is 0.549. The fraction of sp³-hybridized carbons (Fsp3) is 0.917. The van der Waals surface area contributed by atoms with Crippen LogP contribution >= 0.6 is 0 Å². The summed E-state index contributed by atoms with van der Waals surface area (Å²) < 4.78 is 10.6. The van der Waals surface area contributed by atoms with Gasteiger partial charge < -0.3 is 20.1 Å². The topological polar surface area (TPSA) is 54.9 Å². The molecule has 0 aromatic rings. The first-order valence-corrected chi connectivity index (χ1v) is 5.98. The molecule has 0 aliphatic carbocycles. The van der Waals surface area contributed by atoms with Gasteiger partial charge in [0.15, 0.2) is 5.96 Å². The zero-order valence-corrected chi connectivity index (χ0v) is 11.6. The molecule has 1 heterocycles. The van der Waals surface area contributed by atoms with Gasteiger partial charge in [-0.05, 0) is 13.8 Å². The van der Waals surface area contributed by atoms with Gasteiger partial charge in [-0.15, -0.1) is 0 Å². The zero-order valence-electron chi connectivity index (χ0n) is 11.6. The molecule has 1 saturated heterocycles. The van der Waals surface area contributed by atoms with E-state index in [9.17, 15) is 0 Å². The lowest BCUT2D eigenvalue weighted by molar-refractivity contribution is -0.0971. The Morgan fingerprint density at radius 2 is 2.06 bits per heavy atom. The summed E-state index contributed by atoms with van der Waals surface area (Å²) in [5, 5.41) is 6.57. The van der Waals surface area contributed by atoms with E-state index in [1.807, 2.05) is 13.8 Å². The Morgan fingerprint density at radius 3 is 2.47 bits per heavy atom. The summed E-state index contributed by atoms with van der Waals surface area (Å²) in [6.45, 7) is 9.51. The SMILES string of the molecule is CN=C(NCC1(C)COC1)NCC(C)(C)OC. The number of methoxy groups -OCH3 is 1. The molecule has 0 aromatic heterocycles. The third kappa shape index (κ3) is 4.52. The van der Waals surface area contributed by atoms with Gasteiger partial charge in [-0.2, -0.15) is 0 Å². The van der Waals surface area contributed by atoms with Crippen molar-refractivity contribution in [1.82, 2.24) is 10.6 Å². The molecule has 0 spiro atoms. The number of hydrogen-bond donors (Lipinski definition) is 2. The maximum atomic E-state index is 5.35. The minimum absolute atomic E-state index is 0.193. The highest BCUT2D eigenvalue weighted by Crippen LogP contribution is 2.24. The van der Waals surface area contributed by atoms with Gasteiger partial charge in [0, 0.05) is 32.7 Å². The Bertz CT molecular complexity index is 255. The summed E-state index contributed by atoms with van der Waals surface area (Å²) in [4.78, 5) is 4.18. The van der Waals surface area contributed by atoms with Gasteiger partial charge in [0.2, 0.25) is 0 Å². The van der Waals surface area contributed by atoms with Crippen LogP contribution in [0.1, 0.15) is 20.8 Å². The van der Waals surface area contributed by atoms with E-state index >= 15 is 0 Å². The third-order valence-corrected chi connectivity index (χ3v) is 3.04. The van der Waals surface area contributed by atoms with Crippen molar-refractivity contribution in [3.8, 4) is 0 Å². The summed E-state index contributed by atoms with van der Waals surface area (Å²) in [6, 6.07) is 0. The molecule has 1 fully saturated rings. The average molecular weight is 243 g/mol. The Balaban J connectivity index is 2.29. The first-order chi connectivity index (χ1) is 7.91. The van der Waals surface area contributed by atoms with Gasteiger partial charge in [-0.3, -0.25) is 4.99 Å². The lowest BCUT2D eigenvalue weighted by Crippen LogP contribution is -2.52. The molecule has 0 atom stereocenters. The molecule has 0 amide bonds. The van der Waals surface area contributed by atoms with Crippen LogP contribution in [0.5, 0.6) is 0 Å². The normalized spacial score (nSPS) is 19.7. The van der Waals surface area contributed by atoms with Gasteiger partial charge in [-0.1, -0.05) is 6.92 Å². The molecule has 0 bridgehead atoms. The first-order valence-electron chi connectivity index (χ1n) is 5.98. The minimum Gasteiger partial charge on any atom is -0.380 e. The highest BCUT2D eigenvalue weighted by atomic mass is 16.5. The van der Waals surface area contributed by atoms with Gasteiger partial charge in [0.05, 0.1) is 18.8 Å². The van der Waals surface area contributed by atoms with Crippen molar-refractivity contribution in [1.29, 1.82) is 0 Å². The second-order valence-electron chi connectivity index (χ2n) is 5.55.